The van der Waals surface area contributed by atoms with Crippen LogP contribution in [0.5, 0.6) is 0 Å². The molecule has 0 aliphatic heterocycles. The zero-order chi connectivity index (χ0) is 21.1. The van der Waals surface area contributed by atoms with Gasteiger partial charge in [-0.2, -0.15) is 0 Å². The molecular weight excluding hydrogens is 372 g/mol. The molecule has 1 amide bonds. The molecule has 0 saturated heterocycles. The van der Waals surface area contributed by atoms with Crippen LogP contribution in [0.2, 0.25) is 0 Å². The first-order valence-electron chi connectivity index (χ1n) is 9.45. The normalized spacial score (nSPS) is 12.5. The Hall–Kier alpha value is -2.34. The van der Waals surface area contributed by atoms with Crippen molar-refractivity contribution < 1.29 is 13.2 Å². The molecule has 0 aromatic heterocycles. The van der Waals surface area contributed by atoms with Gasteiger partial charge < -0.3 is 5.32 Å². The summed E-state index contributed by atoms with van der Waals surface area (Å²) in [6, 6.07) is 11.5. The van der Waals surface area contributed by atoms with Crippen LogP contribution >= 0.6 is 0 Å². The van der Waals surface area contributed by atoms with E-state index < -0.39 is 10.0 Å². The van der Waals surface area contributed by atoms with Gasteiger partial charge in [-0.05, 0) is 61.9 Å². The van der Waals surface area contributed by atoms with Gasteiger partial charge in [0.1, 0.15) is 6.54 Å². The number of nitrogens with zero attached hydrogens (tertiary/aromatic N) is 1. The van der Waals surface area contributed by atoms with Gasteiger partial charge in [-0.25, -0.2) is 8.42 Å². The Bertz CT molecular complexity index is 947. The Morgan fingerprint density at radius 2 is 1.61 bits per heavy atom. The summed E-state index contributed by atoms with van der Waals surface area (Å²) in [4.78, 5) is 12.8. The molecule has 0 aliphatic rings. The second-order valence-corrected chi connectivity index (χ2v) is 9.29. The molecule has 0 heterocycles. The number of sulfonamides is 1. The fourth-order valence-corrected chi connectivity index (χ4v) is 4.31. The maximum absolute atomic E-state index is 12.8. The minimum atomic E-state index is -3.61. The van der Waals surface area contributed by atoms with Gasteiger partial charge in [0.25, 0.3) is 0 Å². The molecule has 0 aliphatic carbocycles. The van der Waals surface area contributed by atoms with Crippen LogP contribution < -0.4 is 9.62 Å². The van der Waals surface area contributed by atoms with Crippen LogP contribution in [0, 0.1) is 27.7 Å². The molecule has 6 heteroatoms. The molecule has 28 heavy (non-hydrogen) atoms. The standard InChI is InChI=1S/C22H30N2O3S/c1-7-20(19-12-11-15(2)18(5)13-19)23-21(25)14-24(28(6,26)27)22-16(3)9-8-10-17(22)4/h8-13,20H,7,14H2,1-6H3,(H,23,25). The topological polar surface area (TPSA) is 66.5 Å². The van der Waals surface area contributed by atoms with E-state index >= 15 is 0 Å². The Kier molecular flexibility index (Phi) is 6.88. The second-order valence-electron chi connectivity index (χ2n) is 7.38. The zero-order valence-electron chi connectivity index (χ0n) is 17.5. The fourth-order valence-electron chi connectivity index (χ4n) is 3.33. The van der Waals surface area contributed by atoms with Crippen molar-refractivity contribution in [3.8, 4) is 0 Å². The highest BCUT2D eigenvalue weighted by molar-refractivity contribution is 7.92. The molecule has 1 unspecified atom stereocenters. The largest absolute Gasteiger partial charge is 0.348 e. The summed E-state index contributed by atoms with van der Waals surface area (Å²) < 4.78 is 26.0. The number of hydrogen-bond acceptors (Lipinski definition) is 3. The third-order valence-electron chi connectivity index (χ3n) is 5.05. The number of amides is 1. The van der Waals surface area contributed by atoms with Gasteiger partial charge in [0.15, 0.2) is 0 Å². The quantitative estimate of drug-likeness (QED) is 0.762. The summed E-state index contributed by atoms with van der Waals surface area (Å²) in [7, 11) is -3.61. The number of aryl methyl sites for hydroxylation is 4. The first-order valence-corrected chi connectivity index (χ1v) is 11.3. The number of rotatable bonds is 7. The van der Waals surface area contributed by atoms with E-state index in [1.165, 1.54) is 15.4 Å². The number of carbonyl (C=O) groups is 1. The van der Waals surface area contributed by atoms with Gasteiger partial charge in [-0.1, -0.05) is 43.3 Å². The molecule has 0 radical (unpaired) electrons. The summed E-state index contributed by atoms with van der Waals surface area (Å²) in [6.45, 7) is 9.55. The Balaban J connectivity index is 2.27. The van der Waals surface area contributed by atoms with Crippen LogP contribution in [0.1, 0.15) is 47.2 Å². The monoisotopic (exact) mass is 402 g/mol. The molecule has 2 aromatic carbocycles. The van der Waals surface area contributed by atoms with E-state index in [0.717, 1.165) is 29.4 Å². The number of hydrogen-bond donors (Lipinski definition) is 1. The predicted molar refractivity (Wildman–Crippen MR) is 115 cm³/mol. The molecule has 1 N–H and O–H groups in total. The van der Waals surface area contributed by atoms with Gasteiger partial charge >= 0.3 is 0 Å². The lowest BCUT2D eigenvalue weighted by Crippen LogP contribution is -2.42. The minimum Gasteiger partial charge on any atom is -0.348 e. The number of anilines is 1. The summed E-state index contributed by atoms with van der Waals surface area (Å²) >= 11 is 0. The van der Waals surface area contributed by atoms with E-state index in [0.29, 0.717) is 5.69 Å². The fraction of sp³-hybridized carbons (Fsp3) is 0.409. The Morgan fingerprint density at radius 3 is 2.11 bits per heavy atom. The van der Waals surface area contributed by atoms with Crippen LogP contribution in [-0.2, 0) is 14.8 Å². The van der Waals surface area contributed by atoms with Gasteiger partial charge in [0, 0.05) is 0 Å². The molecule has 2 aromatic rings. The van der Waals surface area contributed by atoms with Crippen molar-refractivity contribution in [1.82, 2.24) is 5.32 Å². The first kappa shape index (κ1) is 22.0. The molecule has 0 spiro atoms. The maximum Gasteiger partial charge on any atom is 0.241 e. The van der Waals surface area contributed by atoms with Crippen molar-refractivity contribution in [3.05, 3.63) is 64.2 Å². The minimum absolute atomic E-state index is 0.161. The summed E-state index contributed by atoms with van der Waals surface area (Å²) in [5.74, 6) is -0.321. The zero-order valence-corrected chi connectivity index (χ0v) is 18.4. The smallest absolute Gasteiger partial charge is 0.241 e. The van der Waals surface area contributed by atoms with Crippen LogP contribution in [-0.4, -0.2) is 27.1 Å². The van der Waals surface area contributed by atoms with Crippen LogP contribution in [0.25, 0.3) is 0 Å². The van der Waals surface area contributed by atoms with E-state index in [-0.39, 0.29) is 18.5 Å². The predicted octanol–water partition coefficient (Wildman–Crippen LogP) is 3.95. The van der Waals surface area contributed by atoms with Gasteiger partial charge in [0.2, 0.25) is 15.9 Å². The molecule has 1 atom stereocenters. The highest BCUT2D eigenvalue weighted by Gasteiger charge is 2.25. The average molecular weight is 403 g/mol. The number of benzene rings is 2. The van der Waals surface area contributed by atoms with Crippen molar-refractivity contribution in [3.63, 3.8) is 0 Å². The SMILES string of the molecule is CCC(NC(=O)CN(c1c(C)cccc1C)S(C)(=O)=O)c1ccc(C)c(C)c1. The Labute approximate surface area is 168 Å². The lowest BCUT2D eigenvalue weighted by Gasteiger charge is -2.27. The van der Waals surface area contributed by atoms with E-state index in [2.05, 4.69) is 11.4 Å². The number of para-hydroxylation sites is 1. The second kappa shape index (κ2) is 8.78. The highest BCUT2D eigenvalue weighted by Crippen LogP contribution is 2.27. The summed E-state index contributed by atoms with van der Waals surface area (Å²) in [5.41, 5.74) is 5.59. The third-order valence-corrected chi connectivity index (χ3v) is 6.17. The average Bonchev–Trinajstić information content (AvgIpc) is 2.60. The van der Waals surface area contributed by atoms with Crippen molar-refractivity contribution in [2.45, 2.75) is 47.1 Å². The molecule has 152 valence electrons. The Morgan fingerprint density at radius 1 is 1.00 bits per heavy atom. The van der Waals surface area contributed by atoms with Gasteiger partial charge in [-0.15, -0.1) is 0 Å². The molecule has 0 bridgehead atoms. The number of carbonyl (C=O) groups excluding carboxylic acids is 1. The molecular formula is C22H30N2O3S. The molecule has 2 rings (SSSR count). The van der Waals surface area contributed by atoms with E-state index in [1.54, 1.807) is 0 Å². The van der Waals surface area contributed by atoms with E-state index in [4.69, 9.17) is 0 Å². The van der Waals surface area contributed by atoms with Crippen molar-refractivity contribution in [2.24, 2.45) is 0 Å². The molecule has 5 nitrogen and oxygen atoms in total. The summed E-state index contributed by atoms with van der Waals surface area (Å²) in [5, 5.41) is 3.00. The molecule has 0 fully saturated rings. The van der Waals surface area contributed by atoms with Crippen molar-refractivity contribution >= 4 is 21.6 Å². The van der Waals surface area contributed by atoms with E-state index in [9.17, 15) is 13.2 Å². The summed E-state index contributed by atoms with van der Waals surface area (Å²) in [6.07, 6.45) is 1.85. The highest BCUT2D eigenvalue weighted by atomic mass is 32.2. The first-order chi connectivity index (χ1) is 13.0. The van der Waals surface area contributed by atoms with E-state index in [1.807, 2.05) is 65.0 Å². The lowest BCUT2D eigenvalue weighted by molar-refractivity contribution is -0.120. The molecule has 0 saturated carbocycles. The van der Waals surface area contributed by atoms with Crippen LogP contribution in [0.15, 0.2) is 36.4 Å². The van der Waals surface area contributed by atoms with Gasteiger partial charge in [-0.3, -0.25) is 9.10 Å². The van der Waals surface area contributed by atoms with Crippen molar-refractivity contribution in [2.75, 3.05) is 17.1 Å². The van der Waals surface area contributed by atoms with Crippen LogP contribution in [0.4, 0.5) is 5.69 Å². The van der Waals surface area contributed by atoms with Crippen molar-refractivity contribution in [1.29, 1.82) is 0 Å². The maximum atomic E-state index is 12.8. The van der Waals surface area contributed by atoms with Gasteiger partial charge in [0.05, 0.1) is 18.0 Å². The third kappa shape index (κ3) is 5.13. The lowest BCUT2D eigenvalue weighted by atomic mass is 9.99. The number of nitrogens with one attached hydrogen (secondary N) is 1. The van der Waals surface area contributed by atoms with Crippen LogP contribution in [0.3, 0.4) is 0 Å².